The summed E-state index contributed by atoms with van der Waals surface area (Å²) in [6.45, 7) is 1.71. The van der Waals surface area contributed by atoms with Gasteiger partial charge in [0.05, 0.1) is 6.61 Å². The Kier molecular flexibility index (Phi) is 5.32. The Labute approximate surface area is 74.6 Å². The number of hydrogen-bond donors (Lipinski definition) is 2. The fraction of sp³-hybridized carbons (Fsp3) is 1.00. The Balaban J connectivity index is 1.91. The van der Waals surface area contributed by atoms with Gasteiger partial charge in [-0.3, -0.25) is 0 Å². The van der Waals surface area contributed by atoms with Gasteiger partial charge in [0.15, 0.2) is 0 Å². The molecule has 3 N–H and O–H groups in total. The fourth-order valence-corrected chi connectivity index (χ4v) is 1.77. The van der Waals surface area contributed by atoms with E-state index in [0.717, 1.165) is 19.0 Å². The molecule has 0 aliphatic heterocycles. The highest BCUT2D eigenvalue weighted by atomic mass is 16.6. The van der Waals surface area contributed by atoms with Gasteiger partial charge in [0, 0.05) is 6.04 Å². The maximum atomic E-state index is 4.92. The van der Waals surface area contributed by atoms with E-state index in [1.54, 1.807) is 0 Å². The fourth-order valence-electron chi connectivity index (χ4n) is 1.77. The van der Waals surface area contributed by atoms with Crippen LogP contribution in [0.5, 0.6) is 0 Å². The van der Waals surface area contributed by atoms with E-state index >= 15 is 0 Å². The molecule has 0 atom stereocenters. The molecule has 1 aliphatic rings. The van der Waals surface area contributed by atoms with Crippen LogP contribution in [-0.4, -0.2) is 19.2 Å². The molecule has 0 spiro atoms. The molecule has 0 aromatic carbocycles. The van der Waals surface area contributed by atoms with Crippen LogP contribution in [-0.2, 0) is 4.84 Å². The minimum atomic E-state index is 0.666. The van der Waals surface area contributed by atoms with Crippen LogP contribution in [0.3, 0.4) is 0 Å². The summed E-state index contributed by atoms with van der Waals surface area (Å²) in [5.41, 5.74) is 0. The van der Waals surface area contributed by atoms with Gasteiger partial charge in [0.25, 0.3) is 0 Å². The molecule has 0 unspecified atom stereocenters. The molecule has 0 heterocycles. The quantitative estimate of drug-likeness (QED) is 0.483. The Hall–Kier alpha value is -0.120. The standard InChI is InChI=1S/C9H20N2O/c10-12-8-4-7-11-9-5-2-1-3-6-9/h9,11H,1-8,10H2. The van der Waals surface area contributed by atoms with E-state index in [1.165, 1.54) is 32.1 Å². The second kappa shape index (κ2) is 6.40. The van der Waals surface area contributed by atoms with Gasteiger partial charge < -0.3 is 10.2 Å². The van der Waals surface area contributed by atoms with Crippen molar-refractivity contribution in [2.75, 3.05) is 13.2 Å². The Morgan fingerprint density at radius 1 is 1.25 bits per heavy atom. The zero-order valence-corrected chi connectivity index (χ0v) is 7.72. The van der Waals surface area contributed by atoms with Gasteiger partial charge in [-0.2, -0.15) is 0 Å². The summed E-state index contributed by atoms with van der Waals surface area (Å²) in [7, 11) is 0. The minimum Gasteiger partial charge on any atom is -0.314 e. The number of nitrogens with two attached hydrogens (primary N) is 1. The Bertz CT molecular complexity index is 103. The van der Waals surface area contributed by atoms with Gasteiger partial charge in [-0.05, 0) is 25.8 Å². The third-order valence-electron chi connectivity index (χ3n) is 2.48. The van der Waals surface area contributed by atoms with Gasteiger partial charge in [-0.15, -0.1) is 0 Å². The summed E-state index contributed by atoms with van der Waals surface area (Å²) in [6, 6.07) is 0.761. The number of hydrogen-bond acceptors (Lipinski definition) is 3. The van der Waals surface area contributed by atoms with Crippen LogP contribution in [0.15, 0.2) is 0 Å². The van der Waals surface area contributed by atoms with Crippen LogP contribution in [0.1, 0.15) is 38.5 Å². The van der Waals surface area contributed by atoms with Gasteiger partial charge in [0.1, 0.15) is 0 Å². The van der Waals surface area contributed by atoms with Crippen LogP contribution in [0.25, 0.3) is 0 Å². The Morgan fingerprint density at radius 3 is 2.67 bits per heavy atom. The highest BCUT2D eigenvalue weighted by Crippen LogP contribution is 2.16. The summed E-state index contributed by atoms with van der Waals surface area (Å²) in [5, 5.41) is 3.52. The first-order valence-electron chi connectivity index (χ1n) is 4.98. The van der Waals surface area contributed by atoms with Crippen LogP contribution in [0, 0.1) is 0 Å². The summed E-state index contributed by atoms with van der Waals surface area (Å²) in [5.74, 6) is 4.92. The smallest absolute Gasteiger partial charge is 0.0691 e. The van der Waals surface area contributed by atoms with Gasteiger partial charge in [-0.25, -0.2) is 5.90 Å². The molecular weight excluding hydrogens is 152 g/mol. The lowest BCUT2D eigenvalue weighted by atomic mass is 9.95. The maximum absolute atomic E-state index is 4.92. The first-order valence-corrected chi connectivity index (χ1v) is 4.98. The van der Waals surface area contributed by atoms with E-state index in [1.807, 2.05) is 0 Å². The highest BCUT2D eigenvalue weighted by Gasteiger charge is 2.11. The molecule has 12 heavy (non-hydrogen) atoms. The van der Waals surface area contributed by atoms with E-state index in [4.69, 9.17) is 5.90 Å². The molecule has 0 radical (unpaired) electrons. The van der Waals surface area contributed by atoms with Crippen LogP contribution in [0.2, 0.25) is 0 Å². The molecule has 0 aromatic heterocycles. The van der Waals surface area contributed by atoms with Crippen molar-refractivity contribution in [3.8, 4) is 0 Å². The van der Waals surface area contributed by atoms with Crippen molar-refractivity contribution in [3.63, 3.8) is 0 Å². The lowest BCUT2D eigenvalue weighted by Crippen LogP contribution is -2.32. The average molecular weight is 172 g/mol. The summed E-state index contributed by atoms with van der Waals surface area (Å²) >= 11 is 0. The predicted molar refractivity (Wildman–Crippen MR) is 49.6 cm³/mol. The molecular formula is C9H20N2O. The molecule has 1 rings (SSSR count). The van der Waals surface area contributed by atoms with Crippen molar-refractivity contribution in [1.82, 2.24) is 5.32 Å². The Morgan fingerprint density at radius 2 is 2.00 bits per heavy atom. The molecule has 72 valence electrons. The third-order valence-corrected chi connectivity index (χ3v) is 2.48. The van der Waals surface area contributed by atoms with Crippen LogP contribution in [0.4, 0.5) is 0 Å². The molecule has 1 aliphatic carbocycles. The lowest BCUT2D eigenvalue weighted by Gasteiger charge is -2.22. The molecule has 0 bridgehead atoms. The van der Waals surface area contributed by atoms with Crippen LogP contribution >= 0.6 is 0 Å². The van der Waals surface area contributed by atoms with Gasteiger partial charge >= 0.3 is 0 Å². The highest BCUT2D eigenvalue weighted by molar-refractivity contribution is 4.71. The summed E-state index contributed by atoms with van der Waals surface area (Å²) in [6.07, 6.45) is 7.93. The van der Waals surface area contributed by atoms with Crippen molar-refractivity contribution < 1.29 is 4.84 Å². The topological polar surface area (TPSA) is 47.3 Å². The normalized spacial score (nSPS) is 19.8. The second-order valence-electron chi connectivity index (χ2n) is 3.51. The van der Waals surface area contributed by atoms with Gasteiger partial charge in [0.2, 0.25) is 0 Å². The molecule has 1 saturated carbocycles. The van der Waals surface area contributed by atoms with Crippen molar-refractivity contribution >= 4 is 0 Å². The SMILES string of the molecule is NOCCCNC1CCCCC1. The molecule has 3 nitrogen and oxygen atoms in total. The monoisotopic (exact) mass is 172 g/mol. The van der Waals surface area contributed by atoms with E-state index < -0.39 is 0 Å². The predicted octanol–water partition coefficient (Wildman–Crippen LogP) is 1.19. The van der Waals surface area contributed by atoms with E-state index in [-0.39, 0.29) is 0 Å². The van der Waals surface area contributed by atoms with Gasteiger partial charge in [-0.1, -0.05) is 19.3 Å². The first kappa shape index (κ1) is 9.96. The summed E-state index contributed by atoms with van der Waals surface area (Å²) in [4.78, 5) is 4.49. The van der Waals surface area contributed by atoms with Crippen molar-refractivity contribution in [3.05, 3.63) is 0 Å². The zero-order valence-electron chi connectivity index (χ0n) is 7.72. The lowest BCUT2D eigenvalue weighted by molar-refractivity contribution is 0.134. The minimum absolute atomic E-state index is 0.666. The number of rotatable bonds is 5. The maximum Gasteiger partial charge on any atom is 0.0691 e. The molecule has 3 heteroatoms. The van der Waals surface area contributed by atoms with Crippen molar-refractivity contribution in [2.45, 2.75) is 44.6 Å². The first-order chi connectivity index (χ1) is 5.93. The van der Waals surface area contributed by atoms with E-state index in [2.05, 4.69) is 10.2 Å². The van der Waals surface area contributed by atoms with Crippen molar-refractivity contribution in [1.29, 1.82) is 0 Å². The molecule has 0 aromatic rings. The largest absolute Gasteiger partial charge is 0.314 e. The molecule has 0 saturated heterocycles. The third kappa shape index (κ3) is 4.04. The van der Waals surface area contributed by atoms with E-state index in [9.17, 15) is 0 Å². The average Bonchev–Trinajstić information content (AvgIpc) is 2.14. The van der Waals surface area contributed by atoms with Crippen molar-refractivity contribution in [2.24, 2.45) is 5.90 Å². The molecule has 1 fully saturated rings. The molecule has 0 amide bonds. The van der Waals surface area contributed by atoms with E-state index in [0.29, 0.717) is 6.61 Å². The summed E-state index contributed by atoms with van der Waals surface area (Å²) < 4.78 is 0. The second-order valence-corrected chi connectivity index (χ2v) is 3.51. The number of nitrogens with one attached hydrogen (secondary N) is 1. The van der Waals surface area contributed by atoms with Crippen LogP contribution < -0.4 is 11.2 Å². The zero-order chi connectivity index (χ0) is 8.65.